The lowest BCUT2D eigenvalue weighted by Crippen LogP contribution is -2.28. The Morgan fingerprint density at radius 1 is 1.25 bits per heavy atom. The molecule has 0 N–H and O–H groups in total. The van der Waals surface area contributed by atoms with E-state index in [-0.39, 0.29) is 0 Å². The Morgan fingerprint density at radius 3 is 2.70 bits per heavy atom. The van der Waals surface area contributed by atoms with E-state index in [1.54, 1.807) is 19.2 Å². The van der Waals surface area contributed by atoms with Crippen LogP contribution >= 0.6 is 11.3 Å². The average molecular weight is 309 g/mol. The Balaban J connectivity index is 2.02. The summed E-state index contributed by atoms with van der Waals surface area (Å²) in [6.45, 7) is 2.40. The molecule has 0 aliphatic carbocycles. The first kappa shape index (κ1) is 13.5. The molecule has 0 saturated carbocycles. The van der Waals surface area contributed by atoms with E-state index < -0.39 is 10.0 Å². The average Bonchev–Trinajstić information content (AvgIpc) is 3.04. The van der Waals surface area contributed by atoms with Crippen LogP contribution in [0.1, 0.15) is 10.4 Å². The summed E-state index contributed by atoms with van der Waals surface area (Å²) in [4.78, 5) is 0.998. The highest BCUT2D eigenvalue weighted by Crippen LogP contribution is 2.36. The molecule has 2 heterocycles. The van der Waals surface area contributed by atoms with E-state index in [4.69, 9.17) is 4.74 Å². The van der Waals surface area contributed by atoms with Crippen molar-refractivity contribution in [3.63, 3.8) is 0 Å². The van der Waals surface area contributed by atoms with Crippen molar-refractivity contribution in [2.45, 2.75) is 17.6 Å². The van der Waals surface area contributed by atoms with Gasteiger partial charge in [0.25, 0.3) is 10.0 Å². The quantitative estimate of drug-likeness (QED) is 0.876. The summed E-state index contributed by atoms with van der Waals surface area (Å²) in [6.07, 6.45) is 0.718. The lowest BCUT2D eigenvalue weighted by molar-refractivity contribution is 0.414. The number of thiophene rings is 1. The number of benzene rings is 1. The molecule has 1 aromatic carbocycles. The summed E-state index contributed by atoms with van der Waals surface area (Å²) >= 11 is 1.31. The maximum absolute atomic E-state index is 12.7. The van der Waals surface area contributed by atoms with Crippen LogP contribution in [0.15, 0.2) is 34.5 Å². The van der Waals surface area contributed by atoms with Crippen molar-refractivity contribution in [2.75, 3.05) is 18.0 Å². The van der Waals surface area contributed by atoms with E-state index in [1.807, 2.05) is 25.1 Å². The van der Waals surface area contributed by atoms with E-state index in [2.05, 4.69) is 0 Å². The number of hydrogen-bond acceptors (Lipinski definition) is 4. The van der Waals surface area contributed by atoms with Gasteiger partial charge in [0.1, 0.15) is 9.96 Å². The van der Waals surface area contributed by atoms with E-state index >= 15 is 0 Å². The largest absolute Gasteiger partial charge is 0.497 e. The van der Waals surface area contributed by atoms with Gasteiger partial charge in [0.2, 0.25) is 0 Å². The number of fused-ring (bicyclic) bond motifs is 1. The minimum absolute atomic E-state index is 0.402. The topological polar surface area (TPSA) is 46.6 Å². The van der Waals surface area contributed by atoms with Gasteiger partial charge in [-0.25, -0.2) is 8.42 Å². The van der Waals surface area contributed by atoms with Gasteiger partial charge in [-0.15, -0.1) is 11.3 Å². The zero-order chi connectivity index (χ0) is 14.3. The molecule has 4 nitrogen and oxygen atoms in total. The van der Waals surface area contributed by atoms with Crippen LogP contribution in [0, 0.1) is 6.92 Å². The summed E-state index contributed by atoms with van der Waals surface area (Å²) in [7, 11) is -1.83. The Bertz CT molecular complexity index is 750. The van der Waals surface area contributed by atoms with Crippen molar-refractivity contribution >= 4 is 27.0 Å². The molecule has 0 bridgehead atoms. The number of methoxy groups -OCH3 is 1. The van der Waals surface area contributed by atoms with Crippen LogP contribution in [0.3, 0.4) is 0 Å². The first-order chi connectivity index (χ1) is 9.52. The first-order valence-electron chi connectivity index (χ1n) is 6.28. The number of rotatable bonds is 3. The van der Waals surface area contributed by atoms with Crippen LogP contribution in [0.4, 0.5) is 5.69 Å². The first-order valence-corrected chi connectivity index (χ1v) is 8.54. The molecular weight excluding hydrogens is 294 g/mol. The van der Waals surface area contributed by atoms with Crippen molar-refractivity contribution in [1.29, 1.82) is 0 Å². The molecule has 0 unspecified atom stereocenters. The van der Waals surface area contributed by atoms with Crippen LogP contribution in [0.2, 0.25) is 0 Å². The number of sulfonamides is 1. The molecule has 0 saturated heterocycles. The van der Waals surface area contributed by atoms with Gasteiger partial charge in [-0.2, -0.15) is 0 Å². The molecule has 1 aliphatic rings. The van der Waals surface area contributed by atoms with Gasteiger partial charge in [-0.1, -0.05) is 0 Å². The Kier molecular flexibility index (Phi) is 3.22. The predicted octanol–water partition coefficient (Wildman–Crippen LogP) is 2.82. The number of anilines is 1. The van der Waals surface area contributed by atoms with Gasteiger partial charge in [0.05, 0.1) is 12.8 Å². The second-order valence-electron chi connectivity index (χ2n) is 4.69. The van der Waals surface area contributed by atoms with Crippen molar-refractivity contribution in [2.24, 2.45) is 0 Å². The second-order valence-corrected chi connectivity index (χ2v) is 8.06. The lowest BCUT2D eigenvalue weighted by atomic mass is 10.1. The van der Waals surface area contributed by atoms with Crippen LogP contribution in [-0.4, -0.2) is 22.1 Å². The minimum Gasteiger partial charge on any atom is -0.497 e. The highest BCUT2D eigenvalue weighted by Gasteiger charge is 2.31. The van der Waals surface area contributed by atoms with Gasteiger partial charge < -0.3 is 4.74 Å². The van der Waals surface area contributed by atoms with Gasteiger partial charge in [-0.05, 0) is 49.2 Å². The zero-order valence-electron chi connectivity index (χ0n) is 11.3. The third kappa shape index (κ3) is 2.09. The van der Waals surface area contributed by atoms with Crippen LogP contribution in [0.25, 0.3) is 0 Å². The molecule has 3 rings (SSSR count). The fraction of sp³-hybridized carbons (Fsp3) is 0.286. The standard InChI is InChI=1S/C14H15NO3S2/c1-10-3-6-14(19-10)20(16,17)15-8-7-11-9-12(18-2)4-5-13(11)15/h3-6,9H,7-8H2,1-2H3. The molecule has 106 valence electrons. The molecule has 20 heavy (non-hydrogen) atoms. The molecule has 1 aromatic heterocycles. The summed E-state index contributed by atoms with van der Waals surface area (Å²) < 4.78 is 32.4. The van der Waals surface area contributed by atoms with Gasteiger partial charge >= 0.3 is 0 Å². The molecule has 1 aliphatic heterocycles. The molecule has 0 amide bonds. The molecule has 0 radical (unpaired) electrons. The summed E-state index contributed by atoms with van der Waals surface area (Å²) in [6, 6.07) is 9.04. The predicted molar refractivity (Wildman–Crippen MR) is 80.3 cm³/mol. The SMILES string of the molecule is COc1ccc2c(c1)CCN2S(=O)(=O)c1ccc(C)s1. The van der Waals surface area contributed by atoms with Crippen molar-refractivity contribution in [3.05, 3.63) is 40.8 Å². The molecule has 6 heteroatoms. The van der Waals surface area contributed by atoms with E-state index in [0.717, 1.165) is 28.3 Å². The fourth-order valence-corrected chi connectivity index (χ4v) is 5.28. The Labute approximate surface area is 122 Å². The van der Waals surface area contributed by atoms with Gasteiger partial charge in [-0.3, -0.25) is 4.31 Å². The lowest BCUT2D eigenvalue weighted by Gasteiger charge is -2.18. The molecule has 0 spiro atoms. The van der Waals surface area contributed by atoms with Gasteiger partial charge in [0.15, 0.2) is 0 Å². The number of nitrogens with zero attached hydrogens (tertiary/aromatic N) is 1. The highest BCUT2D eigenvalue weighted by atomic mass is 32.2. The van der Waals surface area contributed by atoms with Crippen molar-refractivity contribution in [1.82, 2.24) is 0 Å². The molecule has 0 fully saturated rings. The minimum atomic E-state index is -3.44. The van der Waals surface area contributed by atoms with E-state index in [0.29, 0.717) is 10.8 Å². The second kappa shape index (κ2) is 4.79. The van der Waals surface area contributed by atoms with Crippen molar-refractivity contribution in [3.8, 4) is 5.75 Å². The molecular formula is C14H15NO3S2. The molecule has 0 atom stereocenters. The number of aryl methyl sites for hydroxylation is 1. The Morgan fingerprint density at radius 2 is 2.05 bits per heavy atom. The van der Waals surface area contributed by atoms with Crippen LogP contribution < -0.4 is 9.04 Å². The van der Waals surface area contributed by atoms with E-state index in [9.17, 15) is 8.42 Å². The maximum atomic E-state index is 12.7. The summed E-state index contributed by atoms with van der Waals surface area (Å²) in [5.41, 5.74) is 1.78. The summed E-state index contributed by atoms with van der Waals surface area (Å²) in [5.74, 6) is 0.759. The Hall–Kier alpha value is -1.53. The zero-order valence-corrected chi connectivity index (χ0v) is 12.9. The number of ether oxygens (including phenoxy) is 1. The summed E-state index contributed by atoms with van der Waals surface area (Å²) in [5, 5.41) is 0. The smallest absolute Gasteiger partial charge is 0.273 e. The van der Waals surface area contributed by atoms with Crippen LogP contribution in [0.5, 0.6) is 5.75 Å². The monoisotopic (exact) mass is 309 g/mol. The number of hydrogen-bond donors (Lipinski definition) is 0. The highest BCUT2D eigenvalue weighted by molar-refractivity contribution is 7.94. The van der Waals surface area contributed by atoms with Gasteiger partial charge in [0, 0.05) is 11.4 Å². The maximum Gasteiger partial charge on any atom is 0.273 e. The molecule has 2 aromatic rings. The fourth-order valence-electron chi connectivity index (χ4n) is 2.38. The van der Waals surface area contributed by atoms with E-state index in [1.165, 1.54) is 15.6 Å². The normalized spacial score (nSPS) is 14.4. The van der Waals surface area contributed by atoms with Crippen LogP contribution in [-0.2, 0) is 16.4 Å². The third-order valence-electron chi connectivity index (χ3n) is 3.40. The van der Waals surface area contributed by atoms with Crippen molar-refractivity contribution < 1.29 is 13.2 Å². The third-order valence-corrected chi connectivity index (χ3v) is 6.68.